The van der Waals surface area contributed by atoms with Crippen LogP contribution in [0.4, 0.5) is 11.4 Å². The third kappa shape index (κ3) is 2.13. The molecule has 3 aromatic rings. The molecule has 2 aromatic carbocycles. The van der Waals surface area contributed by atoms with Crippen LogP contribution in [0.15, 0.2) is 39.5 Å². The van der Waals surface area contributed by atoms with Crippen LogP contribution in [0.25, 0.3) is 21.9 Å². The van der Waals surface area contributed by atoms with Gasteiger partial charge in [0.15, 0.2) is 5.56 Å². The Balaban J connectivity index is 2.55. The SMILES string of the molecule is O=C(O)c1c([N+](=O)[O-])ccc2oc3ccc([N+](=O)[O-])cc3c(=O)c12. The Morgan fingerprint density at radius 3 is 2.29 bits per heavy atom. The minimum atomic E-state index is -1.68. The summed E-state index contributed by atoms with van der Waals surface area (Å²) >= 11 is 0. The van der Waals surface area contributed by atoms with Gasteiger partial charge in [0.2, 0.25) is 5.43 Å². The number of rotatable bonds is 3. The fourth-order valence-corrected chi connectivity index (χ4v) is 2.40. The molecule has 0 spiro atoms. The summed E-state index contributed by atoms with van der Waals surface area (Å²) in [5, 5.41) is 30.3. The predicted molar refractivity (Wildman–Crippen MR) is 80.3 cm³/mol. The van der Waals surface area contributed by atoms with E-state index in [9.17, 15) is 34.9 Å². The van der Waals surface area contributed by atoms with Crippen molar-refractivity contribution in [1.29, 1.82) is 0 Å². The van der Waals surface area contributed by atoms with E-state index in [4.69, 9.17) is 4.42 Å². The van der Waals surface area contributed by atoms with Crippen LogP contribution in [0.2, 0.25) is 0 Å². The summed E-state index contributed by atoms with van der Waals surface area (Å²) < 4.78 is 5.38. The molecule has 0 aliphatic heterocycles. The molecule has 10 heteroatoms. The molecule has 1 N–H and O–H groups in total. The molecular weight excluding hydrogens is 324 g/mol. The van der Waals surface area contributed by atoms with E-state index in [2.05, 4.69) is 0 Å². The number of benzene rings is 2. The second-order valence-corrected chi connectivity index (χ2v) is 4.76. The van der Waals surface area contributed by atoms with Crippen molar-refractivity contribution in [1.82, 2.24) is 0 Å². The van der Waals surface area contributed by atoms with E-state index in [-0.39, 0.29) is 16.6 Å². The molecule has 0 unspecified atom stereocenters. The van der Waals surface area contributed by atoms with Gasteiger partial charge in [0, 0.05) is 18.2 Å². The van der Waals surface area contributed by atoms with E-state index in [1.807, 2.05) is 0 Å². The van der Waals surface area contributed by atoms with Crippen LogP contribution < -0.4 is 5.43 Å². The number of carboxylic acid groups (broad SMARTS) is 1. The third-order valence-electron chi connectivity index (χ3n) is 3.42. The van der Waals surface area contributed by atoms with Gasteiger partial charge in [0.25, 0.3) is 11.4 Å². The summed E-state index contributed by atoms with van der Waals surface area (Å²) in [5.41, 5.74) is -3.04. The first-order valence-corrected chi connectivity index (χ1v) is 6.37. The number of nitro groups is 2. The molecule has 0 saturated carbocycles. The molecule has 0 bridgehead atoms. The maximum Gasteiger partial charge on any atom is 0.343 e. The minimum absolute atomic E-state index is 0.00305. The smallest absolute Gasteiger partial charge is 0.343 e. The van der Waals surface area contributed by atoms with Gasteiger partial charge in [-0.3, -0.25) is 25.0 Å². The Hall–Kier alpha value is -3.82. The van der Waals surface area contributed by atoms with Gasteiger partial charge in [-0.05, 0) is 12.1 Å². The lowest BCUT2D eigenvalue weighted by Gasteiger charge is -2.05. The van der Waals surface area contributed by atoms with Gasteiger partial charge in [-0.1, -0.05) is 0 Å². The Morgan fingerprint density at radius 2 is 1.71 bits per heavy atom. The maximum atomic E-state index is 12.6. The van der Waals surface area contributed by atoms with Gasteiger partial charge in [0.1, 0.15) is 11.2 Å². The van der Waals surface area contributed by atoms with E-state index >= 15 is 0 Å². The van der Waals surface area contributed by atoms with Gasteiger partial charge in [-0.2, -0.15) is 0 Å². The summed E-state index contributed by atoms with van der Waals surface area (Å²) in [7, 11) is 0. The number of hydrogen-bond acceptors (Lipinski definition) is 7. The molecule has 24 heavy (non-hydrogen) atoms. The van der Waals surface area contributed by atoms with Gasteiger partial charge >= 0.3 is 5.97 Å². The molecule has 1 heterocycles. The molecular formula is C14H6N2O8. The molecule has 10 nitrogen and oxygen atoms in total. The summed E-state index contributed by atoms with van der Waals surface area (Å²) in [5.74, 6) is -1.68. The Kier molecular flexibility index (Phi) is 3.22. The quantitative estimate of drug-likeness (QED) is 0.436. The lowest BCUT2D eigenvalue weighted by Crippen LogP contribution is -2.11. The van der Waals surface area contributed by atoms with E-state index in [1.54, 1.807) is 0 Å². The number of hydrogen-bond donors (Lipinski definition) is 1. The standard InChI is InChI=1S/C14H6N2O8/c17-13-7-5-6(15(20)21)1-3-9(7)24-10-4-2-8(16(22)23)11(12(10)13)14(18)19/h1-5H,(H,18,19). The van der Waals surface area contributed by atoms with Crippen LogP contribution in [0.5, 0.6) is 0 Å². The van der Waals surface area contributed by atoms with Crippen molar-refractivity contribution in [3.63, 3.8) is 0 Å². The van der Waals surface area contributed by atoms with Gasteiger partial charge < -0.3 is 9.52 Å². The van der Waals surface area contributed by atoms with E-state index in [0.717, 1.165) is 24.3 Å². The number of nitrogens with zero attached hydrogens (tertiary/aromatic N) is 2. The lowest BCUT2D eigenvalue weighted by atomic mass is 10.0. The summed E-state index contributed by atoms with van der Waals surface area (Å²) in [6.07, 6.45) is 0. The number of aromatic carboxylic acids is 1. The van der Waals surface area contributed by atoms with Crippen molar-refractivity contribution >= 4 is 39.3 Å². The van der Waals surface area contributed by atoms with Crippen molar-refractivity contribution in [2.24, 2.45) is 0 Å². The highest BCUT2D eigenvalue weighted by Crippen LogP contribution is 2.29. The molecule has 0 aliphatic rings. The van der Waals surface area contributed by atoms with E-state index in [0.29, 0.717) is 0 Å². The van der Waals surface area contributed by atoms with Crippen molar-refractivity contribution in [3.8, 4) is 0 Å². The van der Waals surface area contributed by atoms with Gasteiger partial charge in [-0.25, -0.2) is 4.79 Å². The molecule has 0 radical (unpaired) electrons. The van der Waals surface area contributed by atoms with Crippen molar-refractivity contribution < 1.29 is 24.2 Å². The summed E-state index contributed by atoms with van der Waals surface area (Å²) in [4.78, 5) is 44.2. The first kappa shape index (κ1) is 15.1. The molecule has 0 atom stereocenters. The van der Waals surface area contributed by atoms with Crippen molar-refractivity contribution in [2.45, 2.75) is 0 Å². The maximum absolute atomic E-state index is 12.6. The van der Waals surface area contributed by atoms with Crippen LogP contribution in [0.3, 0.4) is 0 Å². The molecule has 3 rings (SSSR count). The number of carboxylic acids is 1. The summed E-state index contributed by atoms with van der Waals surface area (Å²) in [6, 6.07) is 5.30. The number of carbonyl (C=O) groups is 1. The number of non-ortho nitro benzene ring substituents is 1. The molecule has 0 saturated heterocycles. The highest BCUT2D eigenvalue weighted by molar-refractivity contribution is 6.08. The monoisotopic (exact) mass is 330 g/mol. The van der Waals surface area contributed by atoms with E-state index in [1.165, 1.54) is 6.07 Å². The Morgan fingerprint density at radius 1 is 1.04 bits per heavy atom. The minimum Gasteiger partial charge on any atom is -0.477 e. The molecule has 0 amide bonds. The zero-order chi connectivity index (χ0) is 17.6. The summed E-state index contributed by atoms with van der Waals surface area (Å²) in [6.45, 7) is 0. The van der Waals surface area contributed by atoms with Gasteiger partial charge in [0.05, 0.1) is 20.6 Å². The normalized spacial score (nSPS) is 10.8. The zero-order valence-electron chi connectivity index (χ0n) is 11.6. The first-order valence-electron chi connectivity index (χ1n) is 6.37. The predicted octanol–water partition coefficient (Wildman–Crippen LogP) is 2.46. The molecule has 0 fully saturated rings. The second-order valence-electron chi connectivity index (χ2n) is 4.76. The first-order chi connectivity index (χ1) is 11.3. The fourth-order valence-electron chi connectivity index (χ4n) is 2.40. The lowest BCUT2D eigenvalue weighted by molar-refractivity contribution is -0.385. The number of fused-ring (bicyclic) bond motifs is 2. The van der Waals surface area contributed by atoms with Crippen LogP contribution in [-0.4, -0.2) is 20.9 Å². The zero-order valence-corrected chi connectivity index (χ0v) is 11.6. The van der Waals surface area contributed by atoms with Crippen LogP contribution >= 0.6 is 0 Å². The largest absolute Gasteiger partial charge is 0.477 e. The molecule has 120 valence electrons. The van der Waals surface area contributed by atoms with Crippen LogP contribution in [-0.2, 0) is 0 Å². The highest BCUT2D eigenvalue weighted by atomic mass is 16.6. The average Bonchev–Trinajstić information content (AvgIpc) is 2.53. The van der Waals surface area contributed by atoms with E-state index < -0.39 is 43.6 Å². The third-order valence-corrected chi connectivity index (χ3v) is 3.42. The fraction of sp³-hybridized carbons (Fsp3) is 0. The highest BCUT2D eigenvalue weighted by Gasteiger charge is 2.27. The average molecular weight is 330 g/mol. The van der Waals surface area contributed by atoms with Crippen LogP contribution in [0.1, 0.15) is 10.4 Å². The Bertz CT molecular complexity index is 1120. The van der Waals surface area contributed by atoms with Crippen molar-refractivity contribution in [3.05, 3.63) is 66.3 Å². The van der Waals surface area contributed by atoms with Crippen LogP contribution in [0, 0.1) is 20.2 Å². The van der Waals surface area contributed by atoms with Gasteiger partial charge in [-0.15, -0.1) is 0 Å². The Labute approximate surface area is 130 Å². The second kappa shape index (κ2) is 5.12. The molecule has 0 aliphatic carbocycles. The number of nitro benzene ring substituents is 2. The topological polar surface area (TPSA) is 154 Å². The molecule has 1 aromatic heterocycles. The van der Waals surface area contributed by atoms with Crippen molar-refractivity contribution in [2.75, 3.05) is 0 Å².